The highest BCUT2D eigenvalue weighted by atomic mass is 16.6. The normalized spacial score (nSPS) is 29.2. The highest BCUT2D eigenvalue weighted by molar-refractivity contribution is 5.85. The summed E-state index contributed by atoms with van der Waals surface area (Å²) in [5, 5.41) is 20.2. The number of aliphatic hydroxyl groups excluding tert-OH is 2. The first-order chi connectivity index (χ1) is 14.0. The van der Waals surface area contributed by atoms with E-state index in [4.69, 9.17) is 0 Å². The van der Waals surface area contributed by atoms with Crippen molar-refractivity contribution in [3.63, 3.8) is 0 Å². The average molecular weight is 419 g/mol. The van der Waals surface area contributed by atoms with Crippen molar-refractivity contribution in [2.24, 2.45) is 10.8 Å². The zero-order valence-electron chi connectivity index (χ0n) is 19.2. The molecule has 0 saturated heterocycles. The summed E-state index contributed by atoms with van der Waals surface area (Å²) in [5.74, 6) is -0.363. The van der Waals surface area contributed by atoms with E-state index in [1.54, 1.807) is 6.92 Å². The molecule has 5 heteroatoms. The van der Waals surface area contributed by atoms with Gasteiger partial charge in [0, 0.05) is 11.6 Å². The van der Waals surface area contributed by atoms with Crippen LogP contribution in [-0.2, 0) is 14.3 Å². The van der Waals surface area contributed by atoms with Gasteiger partial charge < -0.3 is 14.9 Å². The Kier molecular flexibility index (Phi) is 8.23. The van der Waals surface area contributed by atoms with Crippen LogP contribution in [0.25, 0.3) is 0 Å². The number of rotatable bonds is 10. The molecule has 1 aliphatic carbocycles. The number of hydrogen-bond donors (Lipinski definition) is 2. The summed E-state index contributed by atoms with van der Waals surface area (Å²) in [6.45, 7) is 10.0. The number of esters is 1. The molecule has 1 unspecified atom stereocenters. The monoisotopic (exact) mass is 418 g/mol. The second-order valence-electron chi connectivity index (χ2n) is 9.65. The first kappa shape index (κ1) is 24.5. The Morgan fingerprint density at radius 2 is 1.77 bits per heavy atom. The number of ketones is 1. The molecule has 1 fully saturated rings. The van der Waals surface area contributed by atoms with Crippen molar-refractivity contribution in [1.29, 1.82) is 0 Å². The van der Waals surface area contributed by atoms with E-state index in [0.717, 1.165) is 32.1 Å². The van der Waals surface area contributed by atoms with Crippen molar-refractivity contribution >= 4 is 11.8 Å². The molecule has 2 aliphatic rings. The van der Waals surface area contributed by atoms with Gasteiger partial charge in [0.05, 0.1) is 11.5 Å². The van der Waals surface area contributed by atoms with Crippen molar-refractivity contribution in [3.8, 4) is 0 Å². The smallest absolute Gasteiger partial charge is 0.333 e. The lowest BCUT2D eigenvalue weighted by Crippen LogP contribution is -2.46. The molecule has 0 aromatic heterocycles. The molecule has 0 spiro atoms. The summed E-state index contributed by atoms with van der Waals surface area (Å²) in [5.41, 5.74) is 2.36. The van der Waals surface area contributed by atoms with Crippen LogP contribution < -0.4 is 0 Å². The fourth-order valence-corrected chi connectivity index (χ4v) is 5.08. The molecule has 0 aromatic rings. The Labute approximate surface area is 180 Å². The Hall–Kier alpha value is -1.72. The number of ether oxygens (including phenoxy) is 1. The van der Waals surface area contributed by atoms with Gasteiger partial charge in [0.1, 0.15) is 5.78 Å². The van der Waals surface area contributed by atoms with Crippen LogP contribution in [0.3, 0.4) is 0 Å². The van der Waals surface area contributed by atoms with E-state index in [-0.39, 0.29) is 11.2 Å². The lowest BCUT2D eigenvalue weighted by atomic mass is 9.62. The Morgan fingerprint density at radius 1 is 1.13 bits per heavy atom. The SMILES string of the molecule is CC(=O)[C@]1(CC/C(C)=C/CC/C(C)=C/CCC2=CC(=O)OC2O)[C@H](O)CCC1(C)C. The quantitative estimate of drug-likeness (QED) is 0.394. The Morgan fingerprint density at radius 3 is 2.30 bits per heavy atom. The first-order valence-electron chi connectivity index (χ1n) is 11.1. The number of cyclic esters (lactones) is 1. The second kappa shape index (κ2) is 10.1. The second-order valence-corrected chi connectivity index (χ2v) is 9.65. The molecule has 2 rings (SSSR count). The Bertz CT molecular complexity index is 743. The van der Waals surface area contributed by atoms with Gasteiger partial charge in [-0.05, 0) is 77.6 Å². The molecule has 0 aromatic carbocycles. The number of carbonyl (C=O) groups is 2. The van der Waals surface area contributed by atoms with Crippen molar-refractivity contribution < 1.29 is 24.5 Å². The summed E-state index contributed by atoms with van der Waals surface area (Å²) in [4.78, 5) is 23.6. The number of carbonyl (C=O) groups excluding carboxylic acids is 2. The molecule has 1 heterocycles. The van der Waals surface area contributed by atoms with Gasteiger partial charge in [0.15, 0.2) is 0 Å². The lowest BCUT2D eigenvalue weighted by Gasteiger charge is -2.42. The van der Waals surface area contributed by atoms with Gasteiger partial charge in [0.2, 0.25) is 6.29 Å². The van der Waals surface area contributed by atoms with Crippen LogP contribution in [0, 0.1) is 10.8 Å². The van der Waals surface area contributed by atoms with E-state index >= 15 is 0 Å². The van der Waals surface area contributed by atoms with Gasteiger partial charge in [0.25, 0.3) is 0 Å². The fourth-order valence-electron chi connectivity index (χ4n) is 5.08. The average Bonchev–Trinajstić information content (AvgIpc) is 3.08. The third kappa shape index (κ3) is 5.50. The maximum atomic E-state index is 12.5. The van der Waals surface area contributed by atoms with E-state index in [9.17, 15) is 19.8 Å². The maximum absolute atomic E-state index is 12.5. The van der Waals surface area contributed by atoms with E-state index in [0.29, 0.717) is 24.8 Å². The molecular weight excluding hydrogens is 380 g/mol. The molecule has 1 saturated carbocycles. The standard InChI is InChI=1S/C25H38O5/c1-17(10-7-11-20-16-22(28)30-23(20)29)8-6-9-18(2)12-15-25(19(3)26)21(27)13-14-24(25,4)5/h9-10,16,21,23,27,29H,6-8,11-15H2,1-5H3/b17-10+,18-9+/t21-,23?,25-/m1/s1. The van der Waals surface area contributed by atoms with Crippen LogP contribution in [0.4, 0.5) is 0 Å². The van der Waals surface area contributed by atoms with E-state index in [1.165, 1.54) is 17.2 Å². The number of aliphatic hydroxyl groups is 2. The van der Waals surface area contributed by atoms with Crippen LogP contribution in [0.1, 0.15) is 86.0 Å². The van der Waals surface area contributed by atoms with Gasteiger partial charge in [-0.2, -0.15) is 0 Å². The molecule has 0 bridgehead atoms. The number of hydrogen-bond acceptors (Lipinski definition) is 5. The van der Waals surface area contributed by atoms with Crippen LogP contribution in [0.5, 0.6) is 0 Å². The summed E-state index contributed by atoms with van der Waals surface area (Å²) >= 11 is 0. The largest absolute Gasteiger partial charge is 0.429 e. The first-order valence-corrected chi connectivity index (χ1v) is 11.1. The predicted molar refractivity (Wildman–Crippen MR) is 118 cm³/mol. The fraction of sp³-hybridized carbons (Fsp3) is 0.680. The molecule has 0 amide bonds. The maximum Gasteiger partial charge on any atom is 0.333 e. The minimum atomic E-state index is -1.08. The molecule has 30 heavy (non-hydrogen) atoms. The van der Waals surface area contributed by atoms with Crippen LogP contribution >= 0.6 is 0 Å². The van der Waals surface area contributed by atoms with Gasteiger partial charge in [-0.1, -0.05) is 37.1 Å². The molecule has 168 valence electrons. The van der Waals surface area contributed by atoms with Gasteiger partial charge in [-0.25, -0.2) is 4.79 Å². The summed E-state index contributed by atoms with van der Waals surface area (Å²) < 4.78 is 4.68. The van der Waals surface area contributed by atoms with Crippen molar-refractivity contribution in [1.82, 2.24) is 0 Å². The van der Waals surface area contributed by atoms with Crippen molar-refractivity contribution in [2.75, 3.05) is 0 Å². The van der Waals surface area contributed by atoms with E-state index in [2.05, 4.69) is 44.6 Å². The molecule has 5 nitrogen and oxygen atoms in total. The van der Waals surface area contributed by atoms with E-state index < -0.39 is 23.8 Å². The number of allylic oxidation sites excluding steroid dienone is 4. The summed E-state index contributed by atoms with van der Waals surface area (Å²) in [6, 6.07) is 0. The lowest BCUT2D eigenvalue weighted by molar-refractivity contribution is -0.151. The number of Topliss-reactive ketones (excluding diaryl/α,β-unsaturated/α-hetero) is 1. The van der Waals surface area contributed by atoms with E-state index in [1.807, 2.05) is 0 Å². The predicted octanol–water partition coefficient (Wildman–Crippen LogP) is 4.78. The third-order valence-electron chi connectivity index (χ3n) is 7.17. The summed E-state index contributed by atoms with van der Waals surface area (Å²) in [7, 11) is 0. The minimum Gasteiger partial charge on any atom is -0.429 e. The van der Waals surface area contributed by atoms with Crippen LogP contribution in [0.15, 0.2) is 34.9 Å². The zero-order valence-corrected chi connectivity index (χ0v) is 19.2. The van der Waals surface area contributed by atoms with Crippen LogP contribution in [0.2, 0.25) is 0 Å². The van der Waals surface area contributed by atoms with Gasteiger partial charge in [-0.3, -0.25) is 4.79 Å². The highest BCUT2D eigenvalue weighted by Crippen LogP contribution is 2.56. The summed E-state index contributed by atoms with van der Waals surface area (Å²) in [6.07, 6.45) is 10.5. The molecule has 1 aliphatic heterocycles. The topological polar surface area (TPSA) is 83.8 Å². The van der Waals surface area contributed by atoms with Gasteiger partial charge in [-0.15, -0.1) is 0 Å². The van der Waals surface area contributed by atoms with Crippen molar-refractivity contribution in [3.05, 3.63) is 34.9 Å². The Balaban J connectivity index is 1.81. The van der Waals surface area contributed by atoms with Crippen molar-refractivity contribution in [2.45, 2.75) is 98.4 Å². The molecule has 0 radical (unpaired) electrons. The molecular formula is C25H38O5. The van der Waals surface area contributed by atoms with Gasteiger partial charge >= 0.3 is 5.97 Å². The molecule has 2 N–H and O–H groups in total. The highest BCUT2D eigenvalue weighted by Gasteiger charge is 2.57. The molecule has 3 atom stereocenters. The van der Waals surface area contributed by atoms with Crippen LogP contribution in [-0.4, -0.2) is 34.4 Å². The zero-order chi connectivity index (χ0) is 22.5. The minimum absolute atomic E-state index is 0.110. The third-order valence-corrected chi connectivity index (χ3v) is 7.17.